The van der Waals surface area contributed by atoms with Crippen LogP contribution in [0.5, 0.6) is 11.5 Å². The molecule has 3 rings (SSSR count). The number of hydrogen-bond acceptors (Lipinski definition) is 7. The molecule has 9 heteroatoms. The van der Waals surface area contributed by atoms with Crippen LogP contribution in [-0.4, -0.2) is 41.1 Å². The zero-order valence-corrected chi connectivity index (χ0v) is 17.8. The van der Waals surface area contributed by atoms with Crippen molar-refractivity contribution < 1.29 is 29.0 Å². The molecule has 0 aliphatic heterocycles. The lowest BCUT2D eigenvalue weighted by atomic mass is 10.1. The van der Waals surface area contributed by atoms with E-state index in [0.29, 0.717) is 17.1 Å². The molecule has 1 heterocycles. The quantitative estimate of drug-likeness (QED) is 0.363. The Bertz CT molecular complexity index is 1160. The van der Waals surface area contributed by atoms with Crippen molar-refractivity contribution in [2.24, 2.45) is 0 Å². The summed E-state index contributed by atoms with van der Waals surface area (Å²) in [6, 6.07) is 13.2. The fraction of sp³-hybridized carbons (Fsp3) is 0.217. The Kier molecular flexibility index (Phi) is 6.89. The van der Waals surface area contributed by atoms with Crippen LogP contribution in [-0.2, 0) is 20.8 Å². The summed E-state index contributed by atoms with van der Waals surface area (Å²) in [5.41, 5.74) is 2.13. The summed E-state index contributed by atoms with van der Waals surface area (Å²) in [4.78, 5) is 38.4. The number of amides is 1. The SMILES string of the molecule is COc1cc2ccc(Nc3ccc(CC(NC(C)=O)C(=O)O)cc3)nc2cc1OC(C)=O. The van der Waals surface area contributed by atoms with Crippen molar-refractivity contribution in [1.29, 1.82) is 0 Å². The summed E-state index contributed by atoms with van der Waals surface area (Å²) < 4.78 is 10.5. The van der Waals surface area contributed by atoms with Crippen LogP contribution in [0.3, 0.4) is 0 Å². The average Bonchev–Trinajstić information content (AvgIpc) is 2.73. The normalized spacial score (nSPS) is 11.5. The van der Waals surface area contributed by atoms with E-state index in [1.165, 1.54) is 21.0 Å². The maximum absolute atomic E-state index is 11.3. The topological polar surface area (TPSA) is 127 Å². The van der Waals surface area contributed by atoms with Gasteiger partial charge in [-0.2, -0.15) is 0 Å². The highest BCUT2D eigenvalue weighted by Crippen LogP contribution is 2.32. The van der Waals surface area contributed by atoms with Crippen molar-refractivity contribution in [2.75, 3.05) is 12.4 Å². The monoisotopic (exact) mass is 437 g/mol. The molecule has 0 spiro atoms. The molecule has 0 radical (unpaired) electrons. The molecule has 0 aliphatic rings. The molecule has 3 aromatic rings. The molecule has 1 aromatic heterocycles. The van der Waals surface area contributed by atoms with Gasteiger partial charge < -0.3 is 25.2 Å². The van der Waals surface area contributed by atoms with E-state index in [-0.39, 0.29) is 12.2 Å². The molecule has 0 saturated heterocycles. The Labute approximate surface area is 184 Å². The van der Waals surface area contributed by atoms with E-state index < -0.39 is 23.9 Å². The first-order chi connectivity index (χ1) is 15.2. The fourth-order valence-electron chi connectivity index (χ4n) is 3.15. The second-order valence-corrected chi connectivity index (χ2v) is 7.10. The van der Waals surface area contributed by atoms with Gasteiger partial charge in [-0.05, 0) is 35.9 Å². The lowest BCUT2D eigenvalue weighted by Gasteiger charge is -2.14. The van der Waals surface area contributed by atoms with Crippen LogP contribution in [0.15, 0.2) is 48.5 Å². The molecule has 0 fully saturated rings. The van der Waals surface area contributed by atoms with Gasteiger partial charge in [0.1, 0.15) is 11.9 Å². The number of esters is 1. The van der Waals surface area contributed by atoms with Gasteiger partial charge in [-0.25, -0.2) is 9.78 Å². The number of carbonyl (C=O) groups excluding carboxylic acids is 2. The minimum atomic E-state index is -1.09. The molecule has 3 N–H and O–H groups in total. The maximum Gasteiger partial charge on any atom is 0.326 e. The molecule has 32 heavy (non-hydrogen) atoms. The highest BCUT2D eigenvalue weighted by molar-refractivity contribution is 5.86. The number of nitrogens with one attached hydrogen (secondary N) is 2. The van der Waals surface area contributed by atoms with Crippen LogP contribution >= 0.6 is 0 Å². The molecule has 166 valence electrons. The zero-order valence-electron chi connectivity index (χ0n) is 17.8. The van der Waals surface area contributed by atoms with Crippen LogP contribution in [0, 0.1) is 0 Å². The van der Waals surface area contributed by atoms with Crippen LogP contribution in [0.25, 0.3) is 10.9 Å². The molecule has 2 aromatic carbocycles. The van der Waals surface area contributed by atoms with Crippen LogP contribution in [0.2, 0.25) is 0 Å². The third-order valence-electron chi connectivity index (χ3n) is 4.57. The Balaban J connectivity index is 1.77. The van der Waals surface area contributed by atoms with Gasteiger partial charge in [-0.15, -0.1) is 0 Å². The molecule has 1 atom stereocenters. The first kappa shape index (κ1) is 22.5. The van der Waals surface area contributed by atoms with Crippen LogP contribution in [0.4, 0.5) is 11.5 Å². The Morgan fingerprint density at radius 1 is 1.03 bits per heavy atom. The zero-order chi connectivity index (χ0) is 23.3. The summed E-state index contributed by atoms with van der Waals surface area (Å²) in [6.45, 7) is 2.60. The third-order valence-corrected chi connectivity index (χ3v) is 4.57. The number of carbonyl (C=O) groups is 3. The number of hydrogen-bond donors (Lipinski definition) is 3. The predicted molar refractivity (Wildman–Crippen MR) is 118 cm³/mol. The molecule has 9 nitrogen and oxygen atoms in total. The lowest BCUT2D eigenvalue weighted by Crippen LogP contribution is -2.41. The van der Waals surface area contributed by atoms with Crippen molar-refractivity contribution >= 4 is 40.3 Å². The van der Waals surface area contributed by atoms with Gasteiger partial charge in [0.05, 0.1) is 12.6 Å². The number of aliphatic carboxylic acids is 1. The Morgan fingerprint density at radius 2 is 1.75 bits per heavy atom. The number of nitrogens with zero attached hydrogens (tertiary/aromatic N) is 1. The average molecular weight is 437 g/mol. The smallest absolute Gasteiger partial charge is 0.326 e. The highest BCUT2D eigenvalue weighted by Gasteiger charge is 2.18. The Hall–Kier alpha value is -4.14. The van der Waals surface area contributed by atoms with Gasteiger partial charge in [0, 0.05) is 37.4 Å². The van der Waals surface area contributed by atoms with E-state index in [4.69, 9.17) is 9.47 Å². The van der Waals surface area contributed by atoms with Gasteiger partial charge in [-0.1, -0.05) is 12.1 Å². The number of benzene rings is 2. The lowest BCUT2D eigenvalue weighted by molar-refractivity contribution is -0.141. The van der Waals surface area contributed by atoms with Crippen molar-refractivity contribution in [3.63, 3.8) is 0 Å². The van der Waals surface area contributed by atoms with E-state index in [0.717, 1.165) is 16.6 Å². The summed E-state index contributed by atoms with van der Waals surface area (Å²) in [7, 11) is 1.50. The molecular weight excluding hydrogens is 414 g/mol. The van der Waals surface area contributed by atoms with E-state index >= 15 is 0 Å². The number of carboxylic acids is 1. The van der Waals surface area contributed by atoms with Gasteiger partial charge in [-0.3, -0.25) is 9.59 Å². The van der Waals surface area contributed by atoms with Gasteiger partial charge in [0.2, 0.25) is 5.91 Å². The molecule has 0 aliphatic carbocycles. The predicted octanol–water partition coefficient (Wildman–Crippen LogP) is 3.04. The number of rotatable bonds is 8. The maximum atomic E-state index is 11.3. The van der Waals surface area contributed by atoms with Crippen molar-refractivity contribution in [3.05, 3.63) is 54.1 Å². The summed E-state index contributed by atoms with van der Waals surface area (Å²) in [5.74, 6) is -0.648. The van der Waals surface area contributed by atoms with Gasteiger partial charge in [0.25, 0.3) is 0 Å². The van der Waals surface area contributed by atoms with Crippen molar-refractivity contribution in [2.45, 2.75) is 26.3 Å². The van der Waals surface area contributed by atoms with Crippen molar-refractivity contribution in [3.8, 4) is 11.5 Å². The van der Waals surface area contributed by atoms with Crippen molar-refractivity contribution in [1.82, 2.24) is 10.3 Å². The standard InChI is InChI=1S/C23H23N3O6/c1-13(27)24-19(23(29)30)10-15-4-7-17(8-5-15)25-22-9-6-16-11-20(31-3)21(32-14(2)28)12-18(16)26-22/h4-9,11-12,19H,10H2,1-3H3,(H,24,27)(H,25,26)(H,29,30). The van der Waals surface area contributed by atoms with E-state index in [9.17, 15) is 19.5 Å². The van der Waals surface area contributed by atoms with E-state index in [2.05, 4.69) is 15.6 Å². The molecule has 1 unspecified atom stereocenters. The molecule has 0 bridgehead atoms. The molecule has 1 amide bonds. The van der Waals surface area contributed by atoms with E-state index in [1.807, 2.05) is 6.07 Å². The summed E-state index contributed by atoms with van der Waals surface area (Å²) in [6.07, 6.45) is 0.171. The number of methoxy groups -OCH3 is 1. The number of fused-ring (bicyclic) bond motifs is 1. The van der Waals surface area contributed by atoms with Gasteiger partial charge >= 0.3 is 11.9 Å². The summed E-state index contributed by atoms with van der Waals surface area (Å²) in [5, 5.41) is 15.7. The van der Waals surface area contributed by atoms with Crippen LogP contribution in [0.1, 0.15) is 19.4 Å². The second kappa shape index (κ2) is 9.78. The second-order valence-electron chi connectivity index (χ2n) is 7.10. The number of pyridine rings is 1. The number of anilines is 2. The number of ether oxygens (including phenoxy) is 2. The molecular formula is C23H23N3O6. The third kappa shape index (κ3) is 5.72. The first-order valence-corrected chi connectivity index (χ1v) is 9.78. The largest absolute Gasteiger partial charge is 0.493 e. The Morgan fingerprint density at radius 3 is 2.34 bits per heavy atom. The van der Waals surface area contributed by atoms with E-state index in [1.54, 1.807) is 42.5 Å². The minimum absolute atomic E-state index is 0.171. The van der Waals surface area contributed by atoms with Gasteiger partial charge in [0.15, 0.2) is 11.5 Å². The minimum Gasteiger partial charge on any atom is -0.493 e. The first-order valence-electron chi connectivity index (χ1n) is 9.78. The highest BCUT2D eigenvalue weighted by atomic mass is 16.6. The molecule has 0 saturated carbocycles. The number of aromatic nitrogens is 1. The summed E-state index contributed by atoms with van der Waals surface area (Å²) >= 11 is 0. The number of carboxylic acid groups (broad SMARTS) is 1. The van der Waals surface area contributed by atoms with Crippen LogP contribution < -0.4 is 20.1 Å². The fourth-order valence-corrected chi connectivity index (χ4v) is 3.15.